The molecule has 0 bridgehead atoms. The van der Waals surface area contributed by atoms with Crippen LogP contribution in [-0.2, 0) is 16.6 Å². The lowest BCUT2D eigenvalue weighted by Gasteiger charge is -2.11. The summed E-state index contributed by atoms with van der Waals surface area (Å²) in [6, 6.07) is 5.57. The number of hydrogen-bond acceptors (Lipinski definition) is 4. The van der Waals surface area contributed by atoms with Gasteiger partial charge in [-0.15, -0.1) is 0 Å². The number of hydrogen-bond donors (Lipinski definition) is 3. The predicted octanol–water partition coefficient (Wildman–Crippen LogP) is 1.29. The highest BCUT2D eigenvalue weighted by Gasteiger charge is 2.20. The van der Waals surface area contributed by atoms with E-state index in [2.05, 4.69) is 14.9 Å². The first-order valence-electron chi connectivity index (χ1n) is 5.76. The largest absolute Gasteiger partial charge is 0.326 e. The van der Waals surface area contributed by atoms with Crippen LogP contribution >= 0.6 is 0 Å². The number of H-pyrrole nitrogens is 1. The standard InChI is InChI=1S/C12H16N4O2S/c1-8-3-4-9(2)11(5-8)16-19(17,18)12-10(6-13)7-14-15-12/h3-5,7,16H,6,13H2,1-2H3,(H,14,15). The van der Waals surface area contributed by atoms with Crippen LogP contribution < -0.4 is 10.5 Å². The average Bonchev–Trinajstić information content (AvgIpc) is 2.82. The molecule has 0 fully saturated rings. The summed E-state index contributed by atoms with van der Waals surface area (Å²) in [5.41, 5.74) is 8.33. The van der Waals surface area contributed by atoms with Gasteiger partial charge in [-0.05, 0) is 31.0 Å². The molecule has 1 heterocycles. The Balaban J connectivity index is 2.39. The molecule has 19 heavy (non-hydrogen) atoms. The molecule has 102 valence electrons. The molecular weight excluding hydrogens is 264 g/mol. The molecule has 0 amide bonds. The second-order valence-electron chi connectivity index (χ2n) is 4.35. The van der Waals surface area contributed by atoms with Gasteiger partial charge >= 0.3 is 0 Å². The van der Waals surface area contributed by atoms with Crippen LogP contribution in [0.1, 0.15) is 16.7 Å². The molecule has 0 aliphatic carbocycles. The Labute approximate surface area is 112 Å². The van der Waals surface area contributed by atoms with Crippen LogP contribution in [0.5, 0.6) is 0 Å². The van der Waals surface area contributed by atoms with Crippen molar-refractivity contribution < 1.29 is 8.42 Å². The summed E-state index contributed by atoms with van der Waals surface area (Å²) in [4.78, 5) is 0. The van der Waals surface area contributed by atoms with E-state index in [1.54, 1.807) is 6.07 Å². The van der Waals surface area contributed by atoms with Gasteiger partial charge in [-0.2, -0.15) is 13.5 Å². The summed E-state index contributed by atoms with van der Waals surface area (Å²) in [6.45, 7) is 3.85. The van der Waals surface area contributed by atoms with E-state index in [4.69, 9.17) is 5.73 Å². The van der Waals surface area contributed by atoms with E-state index < -0.39 is 10.0 Å². The number of aromatic amines is 1. The van der Waals surface area contributed by atoms with Gasteiger partial charge in [0.15, 0.2) is 5.03 Å². The van der Waals surface area contributed by atoms with Crippen LogP contribution in [0.25, 0.3) is 0 Å². The molecular formula is C12H16N4O2S. The maximum absolute atomic E-state index is 12.3. The third-order valence-electron chi connectivity index (χ3n) is 2.80. The maximum Gasteiger partial charge on any atom is 0.279 e. The number of nitrogens with two attached hydrogens (primary N) is 1. The number of nitrogens with one attached hydrogen (secondary N) is 2. The lowest BCUT2D eigenvalue weighted by Crippen LogP contribution is -2.17. The van der Waals surface area contributed by atoms with Crippen molar-refractivity contribution in [2.45, 2.75) is 25.4 Å². The minimum absolute atomic E-state index is 0.0101. The normalized spacial score (nSPS) is 11.5. The number of aryl methyl sites for hydroxylation is 2. The zero-order valence-corrected chi connectivity index (χ0v) is 11.6. The highest BCUT2D eigenvalue weighted by atomic mass is 32.2. The van der Waals surface area contributed by atoms with Crippen molar-refractivity contribution in [2.24, 2.45) is 5.73 Å². The van der Waals surface area contributed by atoms with Crippen molar-refractivity contribution in [3.8, 4) is 0 Å². The molecule has 0 spiro atoms. The van der Waals surface area contributed by atoms with Gasteiger partial charge in [-0.25, -0.2) is 0 Å². The molecule has 0 aliphatic rings. The molecule has 0 saturated carbocycles. The number of sulfonamides is 1. The van der Waals surface area contributed by atoms with Crippen LogP contribution in [0.2, 0.25) is 0 Å². The monoisotopic (exact) mass is 280 g/mol. The van der Waals surface area contributed by atoms with Gasteiger partial charge in [0.25, 0.3) is 10.0 Å². The third-order valence-corrected chi connectivity index (χ3v) is 4.18. The zero-order valence-electron chi connectivity index (χ0n) is 10.8. The van der Waals surface area contributed by atoms with E-state index in [0.29, 0.717) is 11.3 Å². The Morgan fingerprint density at radius 1 is 1.37 bits per heavy atom. The molecule has 0 saturated heterocycles. The Bertz CT molecular complexity index is 692. The van der Waals surface area contributed by atoms with Crippen molar-refractivity contribution >= 4 is 15.7 Å². The summed E-state index contributed by atoms with van der Waals surface area (Å²) < 4.78 is 27.1. The van der Waals surface area contributed by atoms with E-state index in [1.165, 1.54) is 6.20 Å². The fourth-order valence-electron chi connectivity index (χ4n) is 1.72. The maximum atomic E-state index is 12.3. The molecule has 6 nitrogen and oxygen atoms in total. The second kappa shape index (κ2) is 5.02. The van der Waals surface area contributed by atoms with Gasteiger partial charge in [0.05, 0.1) is 11.9 Å². The summed E-state index contributed by atoms with van der Waals surface area (Å²) in [6.07, 6.45) is 1.41. The van der Waals surface area contributed by atoms with Crippen molar-refractivity contribution in [1.29, 1.82) is 0 Å². The molecule has 4 N–H and O–H groups in total. The summed E-state index contributed by atoms with van der Waals surface area (Å²) in [5.74, 6) is 0. The smallest absolute Gasteiger partial charge is 0.279 e. The fourth-order valence-corrected chi connectivity index (χ4v) is 2.98. The number of aromatic nitrogens is 2. The molecule has 7 heteroatoms. The zero-order chi connectivity index (χ0) is 14.0. The van der Waals surface area contributed by atoms with Crippen LogP contribution in [0, 0.1) is 13.8 Å². The Hall–Kier alpha value is -1.86. The Morgan fingerprint density at radius 3 is 2.79 bits per heavy atom. The molecule has 1 aromatic carbocycles. The predicted molar refractivity (Wildman–Crippen MR) is 73.2 cm³/mol. The second-order valence-corrected chi connectivity index (χ2v) is 5.97. The first kappa shape index (κ1) is 13.6. The molecule has 0 aliphatic heterocycles. The molecule has 1 aromatic heterocycles. The van der Waals surface area contributed by atoms with Gasteiger partial charge in [-0.1, -0.05) is 12.1 Å². The van der Waals surface area contributed by atoms with E-state index >= 15 is 0 Å². The number of nitrogens with zero attached hydrogens (tertiary/aromatic N) is 1. The number of anilines is 1. The summed E-state index contributed by atoms with van der Waals surface area (Å²) in [7, 11) is -3.70. The van der Waals surface area contributed by atoms with Crippen molar-refractivity contribution in [1.82, 2.24) is 10.2 Å². The van der Waals surface area contributed by atoms with Gasteiger partial charge in [0, 0.05) is 12.1 Å². The Morgan fingerprint density at radius 2 is 2.11 bits per heavy atom. The topological polar surface area (TPSA) is 101 Å². The quantitative estimate of drug-likeness (QED) is 0.785. The third kappa shape index (κ3) is 2.77. The SMILES string of the molecule is Cc1ccc(C)c(NS(=O)(=O)c2[nH]ncc2CN)c1. The van der Waals surface area contributed by atoms with Crippen molar-refractivity contribution in [3.05, 3.63) is 41.1 Å². The van der Waals surface area contributed by atoms with Gasteiger partial charge in [0.1, 0.15) is 0 Å². The molecule has 2 rings (SSSR count). The summed E-state index contributed by atoms with van der Waals surface area (Å²) in [5, 5.41) is 6.20. The van der Waals surface area contributed by atoms with Crippen LogP contribution in [0.15, 0.2) is 29.4 Å². The van der Waals surface area contributed by atoms with Crippen molar-refractivity contribution in [2.75, 3.05) is 4.72 Å². The highest BCUT2D eigenvalue weighted by Crippen LogP contribution is 2.21. The van der Waals surface area contributed by atoms with E-state index in [1.807, 2.05) is 26.0 Å². The summed E-state index contributed by atoms with van der Waals surface area (Å²) >= 11 is 0. The van der Waals surface area contributed by atoms with Crippen LogP contribution in [0.3, 0.4) is 0 Å². The lowest BCUT2D eigenvalue weighted by atomic mass is 10.1. The average molecular weight is 280 g/mol. The molecule has 0 atom stereocenters. The van der Waals surface area contributed by atoms with Crippen LogP contribution in [0.4, 0.5) is 5.69 Å². The number of rotatable bonds is 4. The Kier molecular flexibility index (Phi) is 3.59. The van der Waals surface area contributed by atoms with Crippen LogP contribution in [-0.4, -0.2) is 18.6 Å². The lowest BCUT2D eigenvalue weighted by molar-refractivity contribution is 0.595. The minimum atomic E-state index is -3.70. The molecule has 0 unspecified atom stereocenters. The first-order valence-corrected chi connectivity index (χ1v) is 7.25. The van der Waals surface area contributed by atoms with Gasteiger partial charge in [0.2, 0.25) is 0 Å². The number of benzene rings is 1. The highest BCUT2D eigenvalue weighted by molar-refractivity contribution is 7.92. The van der Waals surface area contributed by atoms with Gasteiger partial charge in [-0.3, -0.25) is 9.82 Å². The minimum Gasteiger partial charge on any atom is -0.326 e. The van der Waals surface area contributed by atoms with E-state index in [9.17, 15) is 8.42 Å². The molecule has 0 radical (unpaired) electrons. The van der Waals surface area contributed by atoms with E-state index in [-0.39, 0.29) is 11.6 Å². The molecule has 2 aromatic rings. The van der Waals surface area contributed by atoms with E-state index in [0.717, 1.165) is 11.1 Å². The fraction of sp³-hybridized carbons (Fsp3) is 0.250. The van der Waals surface area contributed by atoms with Crippen molar-refractivity contribution in [3.63, 3.8) is 0 Å². The first-order chi connectivity index (χ1) is 8.94. The van der Waals surface area contributed by atoms with Gasteiger partial charge < -0.3 is 5.73 Å².